The Bertz CT molecular complexity index is 982. The minimum absolute atomic E-state index is 0.196. The fraction of sp³-hybridized carbons (Fsp3) is 0.261. The smallest absolute Gasteiger partial charge is 0.258 e. The number of fused-ring (bicyclic) bond motifs is 1. The van der Waals surface area contributed by atoms with Crippen molar-refractivity contribution in [1.29, 1.82) is 0 Å². The Kier molecular flexibility index (Phi) is 5.06. The number of nitrogens with zero attached hydrogens (tertiary/aromatic N) is 3. The number of carbonyl (C=O) groups excluding carboxylic acids is 1. The van der Waals surface area contributed by atoms with E-state index in [1.54, 1.807) is 12.4 Å². The van der Waals surface area contributed by atoms with E-state index in [9.17, 15) is 4.79 Å². The summed E-state index contributed by atoms with van der Waals surface area (Å²) in [7, 11) is 0. The number of nitrogens with one attached hydrogen (secondary N) is 1. The quantitative estimate of drug-likeness (QED) is 0.705. The Morgan fingerprint density at radius 3 is 2.54 bits per heavy atom. The fourth-order valence-electron chi connectivity index (χ4n) is 3.63. The van der Waals surface area contributed by atoms with Crippen molar-refractivity contribution < 1.29 is 4.79 Å². The van der Waals surface area contributed by atoms with Gasteiger partial charge in [0.25, 0.3) is 5.91 Å². The number of benzene rings is 2. The first-order valence-electron chi connectivity index (χ1n) is 9.71. The number of para-hydroxylation sites is 2. The summed E-state index contributed by atoms with van der Waals surface area (Å²) in [4.78, 5) is 23.7. The van der Waals surface area contributed by atoms with Crippen LogP contribution in [-0.4, -0.2) is 22.4 Å². The van der Waals surface area contributed by atoms with E-state index in [1.165, 1.54) is 5.56 Å². The predicted octanol–water partition coefficient (Wildman–Crippen LogP) is 4.94. The summed E-state index contributed by atoms with van der Waals surface area (Å²) in [5.41, 5.74) is 4.85. The molecular formula is C23H24N4O. The van der Waals surface area contributed by atoms with Crippen molar-refractivity contribution in [3.8, 4) is 0 Å². The molecule has 0 aliphatic carbocycles. The Labute approximate surface area is 165 Å². The van der Waals surface area contributed by atoms with Gasteiger partial charge in [-0.1, -0.05) is 50.2 Å². The Morgan fingerprint density at radius 1 is 1.04 bits per heavy atom. The molecule has 0 spiro atoms. The van der Waals surface area contributed by atoms with E-state index in [0.717, 1.165) is 36.3 Å². The second-order valence-corrected chi connectivity index (χ2v) is 7.35. The first kappa shape index (κ1) is 18.2. The minimum atomic E-state index is -0.196. The number of amides is 1. The van der Waals surface area contributed by atoms with Crippen LogP contribution in [0.3, 0.4) is 0 Å². The number of anilines is 3. The molecule has 1 aliphatic heterocycles. The molecule has 0 saturated carbocycles. The van der Waals surface area contributed by atoms with Gasteiger partial charge in [-0.2, -0.15) is 0 Å². The normalized spacial score (nSPS) is 13.3. The molecule has 0 unspecified atom stereocenters. The third kappa shape index (κ3) is 3.60. The van der Waals surface area contributed by atoms with E-state index in [0.29, 0.717) is 17.4 Å². The van der Waals surface area contributed by atoms with Crippen LogP contribution in [0.15, 0.2) is 60.9 Å². The summed E-state index contributed by atoms with van der Waals surface area (Å²) >= 11 is 0. The molecule has 0 saturated heterocycles. The highest BCUT2D eigenvalue weighted by Gasteiger charge is 2.20. The molecule has 1 amide bonds. The zero-order chi connectivity index (χ0) is 19.5. The predicted molar refractivity (Wildman–Crippen MR) is 112 cm³/mol. The average molecular weight is 372 g/mol. The van der Waals surface area contributed by atoms with Gasteiger partial charge in [0.05, 0.1) is 5.56 Å². The van der Waals surface area contributed by atoms with Crippen LogP contribution in [0.5, 0.6) is 0 Å². The number of hydrogen-bond donors (Lipinski definition) is 1. The topological polar surface area (TPSA) is 58.1 Å². The fourth-order valence-corrected chi connectivity index (χ4v) is 3.63. The first-order valence-corrected chi connectivity index (χ1v) is 9.71. The van der Waals surface area contributed by atoms with E-state index in [4.69, 9.17) is 0 Å². The zero-order valence-electron chi connectivity index (χ0n) is 16.2. The van der Waals surface area contributed by atoms with Crippen molar-refractivity contribution in [3.05, 3.63) is 77.6 Å². The largest absolute Gasteiger partial charge is 0.322 e. The van der Waals surface area contributed by atoms with E-state index < -0.39 is 0 Å². The molecule has 28 heavy (non-hydrogen) atoms. The molecule has 5 nitrogen and oxygen atoms in total. The van der Waals surface area contributed by atoms with Gasteiger partial charge in [-0.05, 0) is 42.0 Å². The maximum absolute atomic E-state index is 12.7. The van der Waals surface area contributed by atoms with E-state index in [2.05, 4.69) is 52.2 Å². The van der Waals surface area contributed by atoms with Gasteiger partial charge in [-0.15, -0.1) is 0 Å². The van der Waals surface area contributed by atoms with Gasteiger partial charge in [0.15, 0.2) is 0 Å². The maximum Gasteiger partial charge on any atom is 0.258 e. The molecule has 1 N–H and O–H groups in total. The SMILES string of the molecule is CC(C)c1ccccc1NC(=O)c1cnc(N2CCCc3ccccc32)nc1. The standard InChI is InChI=1S/C23H24N4O/c1-16(2)19-10-4-5-11-20(19)26-22(28)18-14-24-23(25-15-18)27-13-7-9-17-8-3-6-12-21(17)27/h3-6,8,10-12,14-16H,7,9,13H2,1-2H3,(H,26,28). The Balaban J connectivity index is 1.54. The molecule has 4 rings (SSSR count). The third-order valence-electron chi connectivity index (χ3n) is 5.08. The van der Waals surface area contributed by atoms with E-state index in [-0.39, 0.29) is 5.91 Å². The summed E-state index contributed by atoms with van der Waals surface area (Å²) in [6.07, 6.45) is 5.34. The number of hydrogen-bond acceptors (Lipinski definition) is 4. The minimum Gasteiger partial charge on any atom is -0.322 e. The molecule has 2 aromatic carbocycles. The van der Waals surface area contributed by atoms with Gasteiger partial charge >= 0.3 is 0 Å². The molecule has 0 radical (unpaired) electrons. The first-order chi connectivity index (χ1) is 13.6. The average Bonchev–Trinajstić information content (AvgIpc) is 2.73. The lowest BCUT2D eigenvalue weighted by molar-refractivity contribution is 0.102. The Morgan fingerprint density at radius 2 is 1.75 bits per heavy atom. The number of aryl methyl sites for hydroxylation is 1. The molecule has 0 atom stereocenters. The lowest BCUT2D eigenvalue weighted by Crippen LogP contribution is -2.26. The van der Waals surface area contributed by atoms with E-state index >= 15 is 0 Å². The number of aromatic nitrogens is 2. The van der Waals surface area contributed by atoms with Gasteiger partial charge in [-0.3, -0.25) is 4.79 Å². The summed E-state index contributed by atoms with van der Waals surface area (Å²) in [5.74, 6) is 0.763. The summed E-state index contributed by atoms with van der Waals surface area (Å²) in [6, 6.07) is 16.2. The van der Waals surface area contributed by atoms with Gasteiger partial charge in [0.1, 0.15) is 0 Å². The Hall–Kier alpha value is -3.21. The lowest BCUT2D eigenvalue weighted by atomic mass is 10.0. The lowest BCUT2D eigenvalue weighted by Gasteiger charge is -2.29. The van der Waals surface area contributed by atoms with Crippen LogP contribution in [0, 0.1) is 0 Å². The highest BCUT2D eigenvalue weighted by molar-refractivity contribution is 6.04. The van der Waals surface area contributed by atoms with Crippen molar-refractivity contribution in [2.45, 2.75) is 32.6 Å². The molecule has 2 heterocycles. The number of rotatable bonds is 4. The van der Waals surface area contributed by atoms with Crippen molar-refractivity contribution >= 4 is 23.2 Å². The van der Waals surface area contributed by atoms with Crippen molar-refractivity contribution in [1.82, 2.24) is 9.97 Å². The van der Waals surface area contributed by atoms with Gasteiger partial charge in [0.2, 0.25) is 5.95 Å². The second-order valence-electron chi connectivity index (χ2n) is 7.35. The summed E-state index contributed by atoms with van der Waals surface area (Å²) < 4.78 is 0. The molecule has 1 aliphatic rings. The highest BCUT2D eigenvalue weighted by atomic mass is 16.1. The van der Waals surface area contributed by atoms with Crippen LogP contribution in [0.4, 0.5) is 17.3 Å². The van der Waals surface area contributed by atoms with Gasteiger partial charge < -0.3 is 10.2 Å². The van der Waals surface area contributed by atoms with Crippen LogP contribution in [0.1, 0.15) is 47.7 Å². The van der Waals surface area contributed by atoms with E-state index in [1.807, 2.05) is 30.3 Å². The molecule has 1 aromatic heterocycles. The van der Waals surface area contributed by atoms with Crippen LogP contribution in [-0.2, 0) is 6.42 Å². The van der Waals surface area contributed by atoms with Crippen LogP contribution in [0.2, 0.25) is 0 Å². The van der Waals surface area contributed by atoms with Gasteiger partial charge in [0, 0.05) is 30.3 Å². The van der Waals surface area contributed by atoms with Crippen molar-refractivity contribution in [2.75, 3.05) is 16.8 Å². The number of carbonyl (C=O) groups is 1. The maximum atomic E-state index is 12.7. The molecule has 142 valence electrons. The third-order valence-corrected chi connectivity index (χ3v) is 5.08. The molecule has 5 heteroatoms. The second kappa shape index (κ2) is 7.80. The van der Waals surface area contributed by atoms with Crippen molar-refractivity contribution in [3.63, 3.8) is 0 Å². The van der Waals surface area contributed by atoms with Crippen molar-refractivity contribution in [2.24, 2.45) is 0 Å². The van der Waals surface area contributed by atoms with Crippen LogP contribution >= 0.6 is 0 Å². The molecule has 0 bridgehead atoms. The van der Waals surface area contributed by atoms with Crippen LogP contribution in [0.25, 0.3) is 0 Å². The summed E-state index contributed by atoms with van der Waals surface area (Å²) in [6.45, 7) is 5.10. The zero-order valence-corrected chi connectivity index (χ0v) is 16.2. The monoisotopic (exact) mass is 372 g/mol. The molecule has 3 aromatic rings. The van der Waals surface area contributed by atoms with Gasteiger partial charge in [-0.25, -0.2) is 9.97 Å². The summed E-state index contributed by atoms with van der Waals surface area (Å²) in [5, 5.41) is 2.99. The highest BCUT2D eigenvalue weighted by Crippen LogP contribution is 2.31. The molecular weight excluding hydrogens is 348 g/mol. The molecule has 0 fully saturated rings. The van der Waals surface area contributed by atoms with Crippen LogP contribution < -0.4 is 10.2 Å².